The number of rotatable bonds is 2. The molecule has 2 atom stereocenters. The van der Waals surface area contributed by atoms with Crippen LogP contribution in [-0.2, 0) is 0 Å². The number of hydrogen-bond donors (Lipinski definition) is 1. The van der Waals surface area contributed by atoms with Crippen LogP contribution < -0.4 is 0 Å². The van der Waals surface area contributed by atoms with Gasteiger partial charge in [-0.1, -0.05) is 18.2 Å². The molecule has 0 aliphatic heterocycles. The smallest absolute Gasteiger partial charge is 0.332 e. The van der Waals surface area contributed by atoms with Gasteiger partial charge in [0.05, 0.1) is 6.10 Å². The number of benzene rings is 1. The van der Waals surface area contributed by atoms with E-state index in [0.29, 0.717) is 5.56 Å². The summed E-state index contributed by atoms with van der Waals surface area (Å²) in [5.74, 6) is 0. The predicted octanol–water partition coefficient (Wildman–Crippen LogP) is 2.22. The van der Waals surface area contributed by atoms with Crippen molar-refractivity contribution in [2.45, 2.75) is 19.1 Å². The first-order valence-electron chi connectivity index (χ1n) is 4.23. The van der Waals surface area contributed by atoms with E-state index >= 15 is 0 Å². The van der Waals surface area contributed by atoms with Crippen molar-refractivity contribution in [3.05, 3.63) is 46.8 Å². The Hall–Kier alpha value is -1.84. The van der Waals surface area contributed by atoms with Crippen molar-refractivity contribution in [3.8, 4) is 6.07 Å². The molecule has 0 aliphatic carbocycles. The van der Waals surface area contributed by atoms with E-state index in [1.54, 1.807) is 31.2 Å². The molecule has 3 heteroatoms. The lowest BCUT2D eigenvalue weighted by Gasteiger charge is -2.05. The van der Waals surface area contributed by atoms with Crippen LogP contribution in [0.5, 0.6) is 0 Å². The van der Waals surface area contributed by atoms with Gasteiger partial charge in [-0.2, -0.15) is 5.26 Å². The molecule has 0 saturated carbocycles. The molecule has 0 spiro atoms. The molecule has 3 nitrogen and oxygen atoms in total. The highest BCUT2D eigenvalue weighted by Gasteiger charge is 2.14. The first kappa shape index (κ1) is 10.2. The minimum atomic E-state index is -0.770. The fourth-order valence-corrected chi connectivity index (χ4v) is 1.17. The van der Waals surface area contributed by atoms with Crippen molar-refractivity contribution in [1.82, 2.24) is 0 Å². The fraction of sp³-hybridized carbons (Fsp3) is 0.273. The maximum absolute atomic E-state index is 9.31. The Balaban J connectivity index is 3.07. The lowest BCUT2D eigenvalue weighted by Crippen LogP contribution is -1.95. The van der Waals surface area contributed by atoms with Crippen LogP contribution in [0.25, 0.3) is 4.85 Å². The molecule has 1 aromatic carbocycles. The highest BCUT2D eigenvalue weighted by molar-refractivity contribution is 5.32. The van der Waals surface area contributed by atoms with Gasteiger partial charge in [-0.25, -0.2) is 6.57 Å². The topological polar surface area (TPSA) is 48.4 Å². The molecule has 0 aliphatic rings. The largest absolute Gasteiger partial charge is 0.389 e. The van der Waals surface area contributed by atoms with Gasteiger partial charge >= 0.3 is 6.04 Å². The molecule has 1 aromatic rings. The van der Waals surface area contributed by atoms with E-state index in [9.17, 15) is 5.11 Å². The van der Waals surface area contributed by atoms with Crippen LogP contribution in [0.1, 0.15) is 30.2 Å². The normalized spacial score (nSPS) is 13.7. The van der Waals surface area contributed by atoms with Gasteiger partial charge < -0.3 is 5.11 Å². The predicted molar refractivity (Wildman–Crippen MR) is 52.0 cm³/mol. The van der Waals surface area contributed by atoms with E-state index in [0.717, 1.165) is 5.56 Å². The summed E-state index contributed by atoms with van der Waals surface area (Å²) < 4.78 is 0. The summed E-state index contributed by atoms with van der Waals surface area (Å²) in [6.45, 7) is 8.47. The number of aliphatic hydroxyl groups excluding tert-OH is 1. The second-order valence-electron chi connectivity index (χ2n) is 3.01. The maximum Gasteiger partial charge on any atom is 0.332 e. The second-order valence-corrected chi connectivity index (χ2v) is 3.01. The Morgan fingerprint density at radius 2 is 2.14 bits per heavy atom. The Labute approximate surface area is 83.0 Å². The van der Waals surface area contributed by atoms with Crippen molar-refractivity contribution >= 4 is 0 Å². The Bertz CT molecular complexity index is 384. The maximum atomic E-state index is 9.31. The molecule has 0 aromatic heterocycles. The van der Waals surface area contributed by atoms with Crippen LogP contribution in [0.15, 0.2) is 24.3 Å². The standard InChI is InChI=1S/C11H10N2O/c1-8(14)9-4-3-5-10(6-9)11(7-12)13-2/h3-6,8,11,14H,1H3. The summed E-state index contributed by atoms with van der Waals surface area (Å²) in [6, 6.07) is 8.05. The highest BCUT2D eigenvalue weighted by Crippen LogP contribution is 2.20. The first-order chi connectivity index (χ1) is 6.69. The SMILES string of the molecule is [C-]#[N+]C(C#N)c1cccc(C(C)O)c1. The summed E-state index contributed by atoms with van der Waals surface area (Å²) in [5.41, 5.74) is 1.37. The summed E-state index contributed by atoms with van der Waals surface area (Å²) in [6.07, 6.45) is -0.569. The number of nitrogens with zero attached hydrogens (tertiary/aromatic N) is 2. The van der Waals surface area contributed by atoms with Crippen LogP contribution in [0, 0.1) is 17.9 Å². The molecule has 0 saturated heterocycles. The molecular formula is C11H10N2O. The van der Waals surface area contributed by atoms with Gasteiger partial charge in [0, 0.05) is 5.56 Å². The van der Waals surface area contributed by atoms with Crippen LogP contribution in [0.3, 0.4) is 0 Å². The van der Waals surface area contributed by atoms with Gasteiger partial charge in [0.1, 0.15) is 0 Å². The van der Waals surface area contributed by atoms with Crippen molar-refractivity contribution in [3.63, 3.8) is 0 Å². The van der Waals surface area contributed by atoms with Crippen LogP contribution in [0.4, 0.5) is 0 Å². The van der Waals surface area contributed by atoms with Gasteiger partial charge in [0.25, 0.3) is 0 Å². The van der Waals surface area contributed by atoms with Crippen LogP contribution in [-0.4, -0.2) is 5.11 Å². The number of hydrogen-bond acceptors (Lipinski definition) is 2. The first-order valence-corrected chi connectivity index (χ1v) is 4.23. The third-order valence-electron chi connectivity index (χ3n) is 1.96. The van der Waals surface area contributed by atoms with E-state index in [-0.39, 0.29) is 0 Å². The van der Waals surface area contributed by atoms with Gasteiger partial charge in [0.15, 0.2) is 6.07 Å². The Morgan fingerprint density at radius 3 is 2.64 bits per heavy atom. The minimum Gasteiger partial charge on any atom is -0.389 e. The Kier molecular flexibility index (Phi) is 3.23. The molecule has 1 N–H and O–H groups in total. The average Bonchev–Trinajstić information content (AvgIpc) is 2.20. The molecule has 14 heavy (non-hydrogen) atoms. The van der Waals surface area contributed by atoms with E-state index in [1.807, 2.05) is 6.07 Å². The molecule has 0 bridgehead atoms. The van der Waals surface area contributed by atoms with Gasteiger partial charge in [-0.05, 0) is 18.6 Å². The van der Waals surface area contributed by atoms with E-state index in [4.69, 9.17) is 11.8 Å². The van der Waals surface area contributed by atoms with Crippen molar-refractivity contribution < 1.29 is 5.11 Å². The lowest BCUT2D eigenvalue weighted by atomic mass is 10.0. The zero-order valence-corrected chi connectivity index (χ0v) is 7.81. The second kappa shape index (κ2) is 4.41. The molecule has 2 unspecified atom stereocenters. The summed E-state index contributed by atoms with van der Waals surface area (Å²) in [5, 5.41) is 18.0. The van der Waals surface area contributed by atoms with E-state index < -0.39 is 12.1 Å². The third kappa shape index (κ3) is 2.10. The molecule has 0 heterocycles. The molecule has 1 rings (SSSR count). The molecule has 70 valence electrons. The van der Waals surface area contributed by atoms with Crippen molar-refractivity contribution in [2.24, 2.45) is 0 Å². The summed E-state index contributed by atoms with van der Waals surface area (Å²) in [7, 11) is 0. The Morgan fingerprint density at radius 1 is 1.50 bits per heavy atom. The monoisotopic (exact) mass is 186 g/mol. The summed E-state index contributed by atoms with van der Waals surface area (Å²) >= 11 is 0. The van der Waals surface area contributed by atoms with Gasteiger partial charge in [-0.15, -0.1) is 0 Å². The lowest BCUT2D eigenvalue weighted by molar-refractivity contribution is 0.199. The zero-order chi connectivity index (χ0) is 10.6. The van der Waals surface area contributed by atoms with Crippen molar-refractivity contribution in [2.75, 3.05) is 0 Å². The minimum absolute atomic E-state index is 0.569. The molecular weight excluding hydrogens is 176 g/mol. The molecule has 0 fully saturated rings. The van der Waals surface area contributed by atoms with Crippen LogP contribution >= 0.6 is 0 Å². The van der Waals surface area contributed by atoms with Gasteiger partial charge in [0.2, 0.25) is 0 Å². The quantitative estimate of drug-likeness (QED) is 0.720. The van der Waals surface area contributed by atoms with Crippen molar-refractivity contribution in [1.29, 1.82) is 5.26 Å². The number of nitriles is 1. The molecule has 0 radical (unpaired) electrons. The summed E-state index contributed by atoms with van der Waals surface area (Å²) in [4.78, 5) is 3.18. The third-order valence-corrected chi connectivity index (χ3v) is 1.96. The van der Waals surface area contributed by atoms with Gasteiger partial charge in [-0.3, -0.25) is 4.85 Å². The van der Waals surface area contributed by atoms with E-state index in [2.05, 4.69) is 4.85 Å². The van der Waals surface area contributed by atoms with Crippen LogP contribution in [0.2, 0.25) is 0 Å². The average molecular weight is 186 g/mol. The number of aliphatic hydroxyl groups is 1. The fourth-order valence-electron chi connectivity index (χ4n) is 1.17. The molecule has 0 amide bonds. The highest BCUT2D eigenvalue weighted by atomic mass is 16.3. The zero-order valence-electron chi connectivity index (χ0n) is 7.81. The van der Waals surface area contributed by atoms with E-state index in [1.165, 1.54) is 0 Å².